The van der Waals surface area contributed by atoms with Gasteiger partial charge in [0.1, 0.15) is 0 Å². The maximum Gasteiger partial charge on any atom is 0.300 e. The van der Waals surface area contributed by atoms with Gasteiger partial charge >= 0.3 is 0 Å². The fraction of sp³-hybridized carbons (Fsp3) is 0.636. The zero-order valence-electron chi connectivity index (χ0n) is 9.40. The molecule has 0 aliphatic heterocycles. The molecule has 0 amide bonds. The van der Waals surface area contributed by atoms with Crippen molar-refractivity contribution in [2.75, 3.05) is 0 Å². The first-order valence-electron chi connectivity index (χ1n) is 4.69. The van der Waals surface area contributed by atoms with E-state index in [0.717, 1.165) is 13.8 Å². The van der Waals surface area contributed by atoms with E-state index in [2.05, 4.69) is 12.8 Å². The monoisotopic (exact) mass is 216 g/mol. The SMILES string of the molecule is C#C.C1CCCC1.CC(=O)O.CC(=O)O. The molecule has 0 atom stereocenters. The number of hydrogen-bond donors (Lipinski definition) is 2. The summed E-state index contributed by atoms with van der Waals surface area (Å²) in [7, 11) is 0. The summed E-state index contributed by atoms with van der Waals surface area (Å²) in [5.41, 5.74) is 0. The average molecular weight is 216 g/mol. The van der Waals surface area contributed by atoms with Crippen LogP contribution in [0.1, 0.15) is 46.0 Å². The van der Waals surface area contributed by atoms with Crippen molar-refractivity contribution in [1.29, 1.82) is 0 Å². The molecule has 0 aromatic heterocycles. The molecule has 0 aromatic rings. The third-order valence-corrected chi connectivity index (χ3v) is 1.25. The highest BCUT2D eigenvalue weighted by atomic mass is 16.4. The van der Waals surface area contributed by atoms with E-state index in [4.69, 9.17) is 19.8 Å². The maximum absolute atomic E-state index is 9.00. The standard InChI is InChI=1S/C5H10.2C2H4O2.C2H2/c1-2-4-5-3-1;2*1-2(3)4;1-2/h1-5H2;2*1H3,(H,3,4);1-2H. The second kappa shape index (κ2) is 18.3. The van der Waals surface area contributed by atoms with Gasteiger partial charge in [-0.25, -0.2) is 0 Å². The van der Waals surface area contributed by atoms with Crippen LogP contribution in [-0.4, -0.2) is 22.2 Å². The highest BCUT2D eigenvalue weighted by Crippen LogP contribution is 2.15. The van der Waals surface area contributed by atoms with E-state index < -0.39 is 11.9 Å². The molecular weight excluding hydrogens is 196 g/mol. The summed E-state index contributed by atoms with van der Waals surface area (Å²) in [5.74, 6) is -1.67. The third kappa shape index (κ3) is 112. The number of terminal acetylenes is 1. The largest absolute Gasteiger partial charge is 0.481 e. The Bertz CT molecular complexity index is 141. The van der Waals surface area contributed by atoms with Crippen molar-refractivity contribution >= 4 is 11.9 Å². The Morgan fingerprint density at radius 1 is 0.800 bits per heavy atom. The maximum atomic E-state index is 9.00. The first-order valence-corrected chi connectivity index (χ1v) is 4.69. The van der Waals surface area contributed by atoms with Crippen LogP contribution >= 0.6 is 0 Å². The second-order valence-corrected chi connectivity index (χ2v) is 2.81. The van der Waals surface area contributed by atoms with E-state index in [1.54, 1.807) is 0 Å². The van der Waals surface area contributed by atoms with Gasteiger partial charge in [0.05, 0.1) is 0 Å². The van der Waals surface area contributed by atoms with Crippen molar-refractivity contribution in [3.05, 3.63) is 0 Å². The Labute approximate surface area is 91.3 Å². The van der Waals surface area contributed by atoms with Crippen molar-refractivity contribution in [3.8, 4) is 12.8 Å². The lowest BCUT2D eigenvalue weighted by molar-refractivity contribution is -0.135. The lowest BCUT2D eigenvalue weighted by Crippen LogP contribution is -1.78. The highest BCUT2D eigenvalue weighted by Gasteiger charge is 1.95. The Kier molecular flexibility index (Phi) is 23.4. The molecule has 0 saturated heterocycles. The van der Waals surface area contributed by atoms with Crippen molar-refractivity contribution in [2.24, 2.45) is 0 Å². The van der Waals surface area contributed by atoms with E-state index in [-0.39, 0.29) is 0 Å². The van der Waals surface area contributed by atoms with E-state index in [0.29, 0.717) is 0 Å². The van der Waals surface area contributed by atoms with Crippen LogP contribution < -0.4 is 0 Å². The number of hydrogen-bond acceptors (Lipinski definition) is 2. The van der Waals surface area contributed by atoms with Gasteiger partial charge in [-0.3, -0.25) is 9.59 Å². The molecule has 0 heterocycles. The van der Waals surface area contributed by atoms with E-state index in [1.807, 2.05) is 0 Å². The molecule has 15 heavy (non-hydrogen) atoms. The van der Waals surface area contributed by atoms with Crippen molar-refractivity contribution < 1.29 is 19.8 Å². The molecule has 1 aliphatic rings. The summed E-state index contributed by atoms with van der Waals surface area (Å²) < 4.78 is 0. The zero-order chi connectivity index (χ0) is 12.7. The molecule has 0 aromatic carbocycles. The summed E-state index contributed by atoms with van der Waals surface area (Å²) in [6.07, 6.45) is 15.5. The van der Waals surface area contributed by atoms with Gasteiger partial charge in [-0.15, -0.1) is 12.8 Å². The minimum Gasteiger partial charge on any atom is -0.481 e. The van der Waals surface area contributed by atoms with Crippen LogP contribution in [0, 0.1) is 12.8 Å². The van der Waals surface area contributed by atoms with Gasteiger partial charge < -0.3 is 10.2 Å². The molecule has 88 valence electrons. The molecular formula is C11H20O4. The second-order valence-electron chi connectivity index (χ2n) is 2.81. The van der Waals surface area contributed by atoms with E-state index in [1.165, 1.54) is 32.1 Å². The summed E-state index contributed by atoms with van der Waals surface area (Å²) in [5, 5.41) is 14.8. The summed E-state index contributed by atoms with van der Waals surface area (Å²) in [6.45, 7) is 2.17. The third-order valence-electron chi connectivity index (χ3n) is 1.25. The summed E-state index contributed by atoms with van der Waals surface area (Å²) in [4.78, 5) is 18.0. The highest BCUT2D eigenvalue weighted by molar-refractivity contribution is 5.63. The van der Waals surface area contributed by atoms with Crippen LogP contribution in [0.2, 0.25) is 0 Å². The van der Waals surface area contributed by atoms with Gasteiger partial charge in [0.15, 0.2) is 0 Å². The Hall–Kier alpha value is -1.50. The van der Waals surface area contributed by atoms with Gasteiger partial charge in [0.25, 0.3) is 11.9 Å². The molecule has 2 N–H and O–H groups in total. The average Bonchev–Trinajstić information content (AvgIpc) is 2.61. The fourth-order valence-corrected chi connectivity index (χ4v) is 0.884. The van der Waals surface area contributed by atoms with Crippen molar-refractivity contribution in [2.45, 2.75) is 46.0 Å². The molecule has 4 heteroatoms. The number of aliphatic carboxylic acids is 2. The summed E-state index contributed by atoms with van der Waals surface area (Å²) >= 11 is 0. The van der Waals surface area contributed by atoms with Crippen LogP contribution in [0.3, 0.4) is 0 Å². The molecule has 1 saturated carbocycles. The summed E-state index contributed by atoms with van der Waals surface area (Å²) in [6, 6.07) is 0. The van der Waals surface area contributed by atoms with E-state index in [9.17, 15) is 0 Å². The first-order chi connectivity index (χ1) is 6.96. The fourth-order valence-electron chi connectivity index (χ4n) is 0.884. The molecule has 0 radical (unpaired) electrons. The van der Waals surface area contributed by atoms with E-state index >= 15 is 0 Å². The molecule has 0 bridgehead atoms. The first kappa shape index (κ1) is 19.1. The Morgan fingerprint density at radius 3 is 0.933 bits per heavy atom. The predicted molar refractivity (Wildman–Crippen MR) is 59.6 cm³/mol. The number of carbonyl (C=O) groups is 2. The Balaban J connectivity index is -0.000000135. The van der Waals surface area contributed by atoms with Crippen molar-refractivity contribution in [1.82, 2.24) is 0 Å². The van der Waals surface area contributed by atoms with Gasteiger partial charge in [-0.2, -0.15) is 0 Å². The lowest BCUT2D eigenvalue weighted by Gasteiger charge is -1.67. The van der Waals surface area contributed by atoms with Gasteiger partial charge in [-0.05, 0) is 0 Å². The predicted octanol–water partition coefficient (Wildman–Crippen LogP) is 2.38. The van der Waals surface area contributed by atoms with Crippen LogP contribution in [0.25, 0.3) is 0 Å². The molecule has 4 nitrogen and oxygen atoms in total. The molecule has 1 fully saturated rings. The molecule has 1 rings (SSSR count). The van der Waals surface area contributed by atoms with Gasteiger partial charge in [0, 0.05) is 13.8 Å². The number of carboxylic acids is 2. The topological polar surface area (TPSA) is 74.6 Å². The van der Waals surface area contributed by atoms with Crippen LogP contribution in [0.15, 0.2) is 0 Å². The lowest BCUT2D eigenvalue weighted by atomic mass is 10.4. The van der Waals surface area contributed by atoms with Gasteiger partial charge in [-0.1, -0.05) is 32.1 Å². The van der Waals surface area contributed by atoms with Crippen molar-refractivity contribution in [3.63, 3.8) is 0 Å². The molecule has 1 aliphatic carbocycles. The van der Waals surface area contributed by atoms with Gasteiger partial charge in [0.2, 0.25) is 0 Å². The normalized spacial score (nSPS) is 11.5. The minimum absolute atomic E-state index is 0.833. The quantitative estimate of drug-likeness (QED) is 0.610. The smallest absolute Gasteiger partial charge is 0.300 e. The zero-order valence-corrected chi connectivity index (χ0v) is 9.40. The number of carboxylic acid groups (broad SMARTS) is 2. The van der Waals surface area contributed by atoms with Crippen LogP contribution in [0.5, 0.6) is 0 Å². The Morgan fingerprint density at radius 2 is 0.867 bits per heavy atom. The molecule has 0 unspecified atom stereocenters. The minimum atomic E-state index is -0.833. The molecule has 0 spiro atoms. The van der Waals surface area contributed by atoms with Crippen LogP contribution in [0.4, 0.5) is 0 Å². The van der Waals surface area contributed by atoms with Crippen LogP contribution in [-0.2, 0) is 9.59 Å². The number of rotatable bonds is 0.